The highest BCUT2D eigenvalue weighted by molar-refractivity contribution is 7.89. The Bertz CT molecular complexity index is 809. The van der Waals surface area contributed by atoms with E-state index in [1.165, 1.54) is 0 Å². The van der Waals surface area contributed by atoms with Gasteiger partial charge >= 0.3 is 0 Å². The summed E-state index contributed by atoms with van der Waals surface area (Å²) in [5, 5.41) is 7.80. The summed E-state index contributed by atoms with van der Waals surface area (Å²) in [5.41, 5.74) is 0. The highest BCUT2D eigenvalue weighted by atomic mass is 32.2. The molecule has 0 radical (unpaired) electrons. The molecule has 0 aromatic carbocycles. The first-order valence-electron chi connectivity index (χ1n) is 10.5. The summed E-state index contributed by atoms with van der Waals surface area (Å²) in [7, 11) is -3.45. The van der Waals surface area contributed by atoms with Crippen molar-refractivity contribution in [3.8, 4) is 0 Å². The second-order valence-electron chi connectivity index (χ2n) is 8.90. The lowest BCUT2D eigenvalue weighted by atomic mass is 10.0. The van der Waals surface area contributed by atoms with Gasteiger partial charge in [-0.05, 0) is 31.6 Å². The maximum Gasteiger partial charge on any atom is 0.225 e. The van der Waals surface area contributed by atoms with Gasteiger partial charge in [0.25, 0.3) is 0 Å². The van der Waals surface area contributed by atoms with Gasteiger partial charge in [0.1, 0.15) is 11.6 Å². The van der Waals surface area contributed by atoms with Gasteiger partial charge in [-0.3, -0.25) is 4.79 Å². The van der Waals surface area contributed by atoms with Crippen molar-refractivity contribution in [3.63, 3.8) is 0 Å². The Kier molecular flexibility index (Phi) is 5.48. The molecule has 4 rings (SSSR count). The molecule has 2 aliphatic heterocycles. The van der Waals surface area contributed by atoms with E-state index in [-0.39, 0.29) is 17.9 Å². The van der Waals surface area contributed by atoms with Gasteiger partial charge in [-0.25, -0.2) is 8.42 Å². The van der Waals surface area contributed by atoms with Crippen LogP contribution in [0.1, 0.15) is 64.2 Å². The molecular weight excluding hydrogens is 378 g/mol. The largest absolute Gasteiger partial charge is 0.340 e. The van der Waals surface area contributed by atoms with Crippen LogP contribution in [-0.4, -0.2) is 63.2 Å². The summed E-state index contributed by atoms with van der Waals surface area (Å²) in [6.45, 7) is 6.21. The number of hydrogen-bond donors (Lipinski definition) is 0. The second-order valence-corrected chi connectivity index (χ2v) is 11.1. The third-order valence-corrected chi connectivity index (χ3v) is 8.55. The Morgan fingerprint density at radius 2 is 1.89 bits per heavy atom. The molecule has 1 atom stereocenters. The molecule has 1 aromatic heterocycles. The van der Waals surface area contributed by atoms with Crippen molar-refractivity contribution in [1.82, 2.24) is 24.0 Å². The number of hydrogen-bond acceptors (Lipinski definition) is 5. The quantitative estimate of drug-likeness (QED) is 0.715. The molecule has 0 unspecified atom stereocenters. The molecule has 8 nitrogen and oxygen atoms in total. The van der Waals surface area contributed by atoms with Gasteiger partial charge in [-0.2, -0.15) is 4.31 Å². The number of aromatic nitrogens is 3. The summed E-state index contributed by atoms with van der Waals surface area (Å²) in [6.07, 6.45) is 7.42. The molecular formula is C19H31N5O3S. The second kappa shape index (κ2) is 7.74. The predicted octanol–water partition coefficient (Wildman–Crippen LogP) is 1.80. The third-order valence-electron chi connectivity index (χ3n) is 6.32. The van der Waals surface area contributed by atoms with Crippen LogP contribution in [0.2, 0.25) is 0 Å². The van der Waals surface area contributed by atoms with Crippen molar-refractivity contribution in [3.05, 3.63) is 12.2 Å². The zero-order valence-electron chi connectivity index (χ0n) is 16.8. The number of carbonyl (C=O) groups is 1. The van der Waals surface area contributed by atoms with Crippen molar-refractivity contribution < 1.29 is 13.2 Å². The Hall–Kier alpha value is -1.48. The Balaban J connectivity index is 1.44. The molecule has 0 N–H and O–H groups in total. The zero-order valence-corrected chi connectivity index (χ0v) is 17.6. The molecule has 9 heteroatoms. The Morgan fingerprint density at radius 1 is 1.18 bits per heavy atom. The summed E-state index contributed by atoms with van der Waals surface area (Å²) >= 11 is 0. The lowest BCUT2D eigenvalue weighted by Crippen LogP contribution is -2.60. The molecule has 0 spiro atoms. The molecule has 1 aromatic rings. The van der Waals surface area contributed by atoms with E-state index in [9.17, 15) is 13.2 Å². The summed E-state index contributed by atoms with van der Waals surface area (Å²) in [6, 6.07) is -0.245. The van der Waals surface area contributed by atoms with E-state index in [2.05, 4.69) is 24.0 Å². The first kappa shape index (κ1) is 19.8. The van der Waals surface area contributed by atoms with Gasteiger partial charge in [-0.1, -0.05) is 26.7 Å². The minimum atomic E-state index is -3.45. The number of nitrogens with zero attached hydrogens (tertiary/aromatic N) is 5. The lowest BCUT2D eigenvalue weighted by molar-refractivity contribution is -0.138. The fraction of sp³-hybridized carbons (Fsp3) is 0.842. The van der Waals surface area contributed by atoms with Crippen LogP contribution in [0.5, 0.6) is 0 Å². The van der Waals surface area contributed by atoms with E-state index in [4.69, 9.17) is 0 Å². The number of rotatable bonds is 6. The fourth-order valence-electron chi connectivity index (χ4n) is 4.79. The first-order valence-corrected chi connectivity index (χ1v) is 12.1. The van der Waals surface area contributed by atoms with Crippen molar-refractivity contribution in [2.45, 2.75) is 70.2 Å². The Labute approximate surface area is 167 Å². The van der Waals surface area contributed by atoms with Crippen LogP contribution >= 0.6 is 0 Å². The van der Waals surface area contributed by atoms with Gasteiger partial charge in [0.05, 0.1) is 6.04 Å². The minimum Gasteiger partial charge on any atom is -0.340 e. The zero-order chi connectivity index (χ0) is 19.9. The molecule has 2 saturated heterocycles. The fourth-order valence-corrected chi connectivity index (χ4v) is 6.85. The maximum absolute atomic E-state index is 13.3. The SMILES string of the molecule is CC(C)Cn1cnnc1[C@H]1CCCN1S(=O)(=O)C1CN(C(=O)C2CCCC2)C1. The molecule has 1 saturated carbocycles. The van der Waals surface area contributed by atoms with Crippen molar-refractivity contribution >= 4 is 15.9 Å². The van der Waals surface area contributed by atoms with Crippen LogP contribution in [-0.2, 0) is 21.4 Å². The van der Waals surface area contributed by atoms with Crippen LogP contribution < -0.4 is 0 Å². The average molecular weight is 410 g/mol. The molecule has 1 amide bonds. The summed E-state index contributed by atoms with van der Waals surface area (Å²) in [5.74, 6) is 1.44. The highest BCUT2D eigenvalue weighted by Gasteiger charge is 2.48. The van der Waals surface area contributed by atoms with Gasteiger partial charge in [0.15, 0.2) is 5.82 Å². The molecule has 1 aliphatic carbocycles. The first-order chi connectivity index (χ1) is 13.4. The average Bonchev–Trinajstić information content (AvgIpc) is 3.33. The topological polar surface area (TPSA) is 88.4 Å². The number of likely N-dealkylation sites (tertiary alicyclic amines) is 1. The van der Waals surface area contributed by atoms with Gasteiger partial charge in [0, 0.05) is 32.1 Å². The van der Waals surface area contributed by atoms with Crippen molar-refractivity contribution in [2.75, 3.05) is 19.6 Å². The van der Waals surface area contributed by atoms with Crippen molar-refractivity contribution in [1.29, 1.82) is 0 Å². The lowest BCUT2D eigenvalue weighted by Gasteiger charge is -2.42. The summed E-state index contributed by atoms with van der Waals surface area (Å²) < 4.78 is 30.2. The van der Waals surface area contributed by atoms with Crippen LogP contribution in [0.4, 0.5) is 0 Å². The van der Waals surface area contributed by atoms with Gasteiger partial charge in [0.2, 0.25) is 15.9 Å². The van der Waals surface area contributed by atoms with E-state index in [1.54, 1.807) is 15.5 Å². The number of carbonyl (C=O) groups excluding carboxylic acids is 1. The standard InChI is InChI=1S/C19H31N5O3S/c1-14(2)10-23-13-20-21-18(23)17-8-5-9-24(17)28(26,27)16-11-22(12-16)19(25)15-6-3-4-7-15/h13-17H,3-12H2,1-2H3/t17-/m1/s1. The molecule has 3 fully saturated rings. The smallest absolute Gasteiger partial charge is 0.225 e. The number of sulfonamides is 1. The van der Waals surface area contributed by atoms with Crippen LogP contribution in [0.3, 0.4) is 0 Å². The molecule has 0 bridgehead atoms. The monoisotopic (exact) mass is 409 g/mol. The van der Waals surface area contributed by atoms with E-state index in [0.29, 0.717) is 25.6 Å². The summed E-state index contributed by atoms with van der Waals surface area (Å²) in [4.78, 5) is 14.3. The van der Waals surface area contributed by atoms with Crippen LogP contribution in [0.25, 0.3) is 0 Å². The minimum absolute atomic E-state index is 0.109. The van der Waals surface area contributed by atoms with E-state index >= 15 is 0 Å². The van der Waals surface area contributed by atoms with Gasteiger partial charge in [-0.15, -0.1) is 10.2 Å². The van der Waals surface area contributed by atoms with Crippen LogP contribution in [0.15, 0.2) is 6.33 Å². The van der Waals surface area contributed by atoms with Gasteiger partial charge < -0.3 is 9.47 Å². The van der Waals surface area contributed by atoms with E-state index in [0.717, 1.165) is 50.9 Å². The predicted molar refractivity (Wildman–Crippen MR) is 105 cm³/mol. The van der Waals surface area contributed by atoms with Crippen LogP contribution in [0, 0.1) is 11.8 Å². The van der Waals surface area contributed by atoms with Crippen molar-refractivity contribution in [2.24, 2.45) is 11.8 Å². The van der Waals surface area contributed by atoms with E-state index in [1.807, 2.05) is 4.57 Å². The molecule has 3 heterocycles. The Morgan fingerprint density at radius 3 is 2.57 bits per heavy atom. The molecule has 28 heavy (non-hydrogen) atoms. The molecule has 156 valence electrons. The molecule has 3 aliphatic rings. The normalized spacial score (nSPS) is 25.0. The maximum atomic E-state index is 13.3. The third kappa shape index (κ3) is 3.58. The number of amides is 1. The highest BCUT2D eigenvalue weighted by Crippen LogP contribution is 2.37. The van der Waals surface area contributed by atoms with E-state index < -0.39 is 15.3 Å².